The smallest absolute Gasteiger partial charge is 0.0108 e. The summed E-state index contributed by atoms with van der Waals surface area (Å²) in [6.07, 6.45) is 15.3. The van der Waals surface area contributed by atoms with Crippen molar-refractivity contribution in [3.63, 3.8) is 0 Å². The first-order valence-corrected chi connectivity index (χ1v) is 10.1. The molecule has 1 rings (SSSR count). The predicted octanol–water partition coefficient (Wildman–Crippen LogP) is 6.19. The van der Waals surface area contributed by atoms with E-state index in [0.717, 1.165) is 6.54 Å². The van der Waals surface area contributed by atoms with E-state index in [2.05, 4.69) is 36.0 Å². The standard InChI is InChI=1S/C19H35NS/c1-3-5-6-7-8-9-10-11-12-13-19(20-4-2)16-18-14-15-21-17-18/h14-15,17,19-20H,3-13,16H2,1-2H3. The average molecular weight is 310 g/mol. The molecule has 1 heterocycles. The molecule has 1 nitrogen and oxygen atoms in total. The van der Waals surface area contributed by atoms with Crippen LogP contribution >= 0.6 is 11.3 Å². The highest BCUT2D eigenvalue weighted by Gasteiger charge is 2.08. The van der Waals surface area contributed by atoms with Gasteiger partial charge < -0.3 is 5.32 Å². The van der Waals surface area contributed by atoms with Crippen molar-refractivity contribution in [3.05, 3.63) is 22.4 Å². The summed E-state index contributed by atoms with van der Waals surface area (Å²) >= 11 is 1.81. The predicted molar refractivity (Wildman–Crippen MR) is 97.3 cm³/mol. The van der Waals surface area contributed by atoms with Gasteiger partial charge in [0, 0.05) is 6.04 Å². The van der Waals surface area contributed by atoms with E-state index in [1.807, 2.05) is 11.3 Å². The zero-order chi connectivity index (χ0) is 15.2. The Hall–Kier alpha value is -0.340. The summed E-state index contributed by atoms with van der Waals surface area (Å²) in [6, 6.07) is 2.94. The molecule has 0 fully saturated rings. The number of likely N-dealkylation sites (N-methyl/N-ethyl adjacent to an activating group) is 1. The van der Waals surface area contributed by atoms with E-state index in [1.165, 1.54) is 76.2 Å². The molecular weight excluding hydrogens is 274 g/mol. The molecule has 122 valence electrons. The summed E-state index contributed by atoms with van der Waals surface area (Å²) in [6.45, 7) is 5.60. The van der Waals surface area contributed by atoms with Crippen molar-refractivity contribution in [3.8, 4) is 0 Å². The van der Waals surface area contributed by atoms with E-state index >= 15 is 0 Å². The molecule has 0 amide bonds. The highest BCUT2D eigenvalue weighted by Crippen LogP contribution is 2.14. The number of rotatable bonds is 14. The molecule has 21 heavy (non-hydrogen) atoms. The van der Waals surface area contributed by atoms with Gasteiger partial charge in [-0.15, -0.1) is 0 Å². The van der Waals surface area contributed by atoms with Gasteiger partial charge >= 0.3 is 0 Å². The van der Waals surface area contributed by atoms with Crippen LogP contribution in [0.4, 0.5) is 0 Å². The van der Waals surface area contributed by atoms with Crippen molar-refractivity contribution in [1.82, 2.24) is 5.32 Å². The van der Waals surface area contributed by atoms with Gasteiger partial charge in [-0.3, -0.25) is 0 Å². The van der Waals surface area contributed by atoms with Gasteiger partial charge in [0.1, 0.15) is 0 Å². The molecule has 1 aromatic heterocycles. The molecule has 2 heteroatoms. The highest BCUT2D eigenvalue weighted by molar-refractivity contribution is 7.07. The Morgan fingerprint density at radius 3 is 2.19 bits per heavy atom. The molecule has 0 radical (unpaired) electrons. The molecule has 1 unspecified atom stereocenters. The fourth-order valence-electron chi connectivity index (χ4n) is 2.96. The minimum absolute atomic E-state index is 0.675. The van der Waals surface area contributed by atoms with E-state index in [9.17, 15) is 0 Å². The van der Waals surface area contributed by atoms with Crippen LogP contribution in [-0.2, 0) is 6.42 Å². The van der Waals surface area contributed by atoms with E-state index < -0.39 is 0 Å². The van der Waals surface area contributed by atoms with Gasteiger partial charge in [-0.25, -0.2) is 0 Å². The molecule has 0 aromatic carbocycles. The van der Waals surface area contributed by atoms with Crippen molar-refractivity contribution >= 4 is 11.3 Å². The summed E-state index contributed by atoms with van der Waals surface area (Å²) in [5, 5.41) is 8.13. The molecule has 1 N–H and O–H groups in total. The Labute approximate surface area is 136 Å². The van der Waals surface area contributed by atoms with Gasteiger partial charge in [0.2, 0.25) is 0 Å². The van der Waals surface area contributed by atoms with Crippen LogP contribution in [0.25, 0.3) is 0 Å². The second kappa shape index (κ2) is 13.3. The third-order valence-corrected chi connectivity index (χ3v) is 4.94. The second-order valence-corrected chi connectivity index (χ2v) is 6.99. The van der Waals surface area contributed by atoms with Crippen LogP contribution in [0.1, 0.15) is 83.6 Å². The molecular formula is C19H35NS. The van der Waals surface area contributed by atoms with Crippen LogP contribution in [-0.4, -0.2) is 12.6 Å². The Balaban J connectivity index is 2.00. The third kappa shape index (κ3) is 10.1. The summed E-state index contributed by atoms with van der Waals surface area (Å²) in [7, 11) is 0. The van der Waals surface area contributed by atoms with Crippen molar-refractivity contribution in [2.24, 2.45) is 0 Å². The first kappa shape index (κ1) is 18.7. The summed E-state index contributed by atoms with van der Waals surface area (Å²) in [4.78, 5) is 0. The summed E-state index contributed by atoms with van der Waals surface area (Å²) in [5.41, 5.74) is 1.50. The van der Waals surface area contributed by atoms with Gasteiger partial charge in [0.05, 0.1) is 0 Å². The lowest BCUT2D eigenvalue weighted by Gasteiger charge is -2.17. The van der Waals surface area contributed by atoms with Gasteiger partial charge in [-0.1, -0.05) is 71.6 Å². The molecule has 0 aliphatic carbocycles. The monoisotopic (exact) mass is 309 g/mol. The van der Waals surface area contributed by atoms with Crippen molar-refractivity contribution in [2.45, 2.75) is 90.5 Å². The molecule has 0 bridgehead atoms. The van der Waals surface area contributed by atoms with Crippen LogP contribution in [0, 0.1) is 0 Å². The van der Waals surface area contributed by atoms with Gasteiger partial charge in [0.25, 0.3) is 0 Å². The minimum atomic E-state index is 0.675. The van der Waals surface area contributed by atoms with E-state index in [4.69, 9.17) is 0 Å². The normalized spacial score (nSPS) is 12.7. The number of hydrogen-bond acceptors (Lipinski definition) is 2. The Morgan fingerprint density at radius 2 is 1.62 bits per heavy atom. The molecule has 0 aliphatic heterocycles. The minimum Gasteiger partial charge on any atom is -0.314 e. The number of nitrogens with one attached hydrogen (secondary N) is 1. The van der Waals surface area contributed by atoms with Crippen molar-refractivity contribution in [1.29, 1.82) is 0 Å². The summed E-state index contributed by atoms with van der Waals surface area (Å²) < 4.78 is 0. The lowest BCUT2D eigenvalue weighted by molar-refractivity contribution is 0.458. The molecule has 0 saturated carbocycles. The Kier molecular flexibility index (Phi) is 11.9. The topological polar surface area (TPSA) is 12.0 Å². The number of unbranched alkanes of at least 4 members (excludes halogenated alkanes) is 8. The maximum atomic E-state index is 3.65. The zero-order valence-electron chi connectivity index (χ0n) is 14.2. The maximum Gasteiger partial charge on any atom is 0.0108 e. The van der Waals surface area contributed by atoms with E-state index in [0.29, 0.717) is 6.04 Å². The summed E-state index contributed by atoms with van der Waals surface area (Å²) in [5.74, 6) is 0. The first-order valence-electron chi connectivity index (χ1n) is 9.11. The van der Waals surface area contributed by atoms with Crippen LogP contribution in [0.5, 0.6) is 0 Å². The SMILES string of the molecule is CCCCCCCCCCCC(Cc1ccsc1)NCC. The molecule has 0 spiro atoms. The third-order valence-electron chi connectivity index (χ3n) is 4.21. The molecule has 0 aliphatic rings. The van der Waals surface area contributed by atoms with E-state index in [1.54, 1.807) is 0 Å². The van der Waals surface area contributed by atoms with Crippen molar-refractivity contribution in [2.75, 3.05) is 6.54 Å². The second-order valence-electron chi connectivity index (χ2n) is 6.21. The number of thiophene rings is 1. The van der Waals surface area contributed by atoms with Crippen LogP contribution < -0.4 is 5.32 Å². The van der Waals surface area contributed by atoms with Gasteiger partial charge in [0.15, 0.2) is 0 Å². The zero-order valence-corrected chi connectivity index (χ0v) is 15.0. The van der Waals surface area contributed by atoms with Crippen LogP contribution in [0.2, 0.25) is 0 Å². The van der Waals surface area contributed by atoms with Gasteiger partial charge in [-0.2, -0.15) is 11.3 Å². The lowest BCUT2D eigenvalue weighted by Crippen LogP contribution is -2.30. The Bertz CT molecular complexity index is 307. The van der Waals surface area contributed by atoms with Gasteiger partial charge in [-0.05, 0) is 41.8 Å². The Morgan fingerprint density at radius 1 is 0.952 bits per heavy atom. The van der Waals surface area contributed by atoms with E-state index in [-0.39, 0.29) is 0 Å². The van der Waals surface area contributed by atoms with Crippen LogP contribution in [0.3, 0.4) is 0 Å². The fourth-order valence-corrected chi connectivity index (χ4v) is 3.64. The quantitative estimate of drug-likeness (QED) is 0.404. The first-order chi connectivity index (χ1) is 10.4. The molecule has 1 atom stereocenters. The van der Waals surface area contributed by atoms with Crippen LogP contribution in [0.15, 0.2) is 16.8 Å². The lowest BCUT2D eigenvalue weighted by atomic mass is 10.0. The molecule has 0 saturated heterocycles. The fraction of sp³-hybridized carbons (Fsp3) is 0.789. The van der Waals surface area contributed by atoms with Crippen molar-refractivity contribution < 1.29 is 0 Å². The molecule has 1 aromatic rings. The average Bonchev–Trinajstić information content (AvgIpc) is 2.98. The highest BCUT2D eigenvalue weighted by atomic mass is 32.1. The maximum absolute atomic E-state index is 3.65. The largest absolute Gasteiger partial charge is 0.314 e. The number of hydrogen-bond donors (Lipinski definition) is 1.